The van der Waals surface area contributed by atoms with Crippen molar-refractivity contribution in [3.8, 4) is 0 Å². The van der Waals surface area contributed by atoms with Crippen molar-refractivity contribution < 1.29 is 14.3 Å². The van der Waals surface area contributed by atoms with Crippen LogP contribution in [0.3, 0.4) is 0 Å². The number of aryl methyl sites for hydroxylation is 1. The molecule has 7 heteroatoms. The monoisotopic (exact) mass is 397 g/mol. The molecule has 1 saturated heterocycles. The third kappa shape index (κ3) is 5.89. The van der Waals surface area contributed by atoms with E-state index in [2.05, 4.69) is 26.6 Å². The first-order chi connectivity index (χ1) is 11.3. The van der Waals surface area contributed by atoms with Gasteiger partial charge in [0.1, 0.15) is 0 Å². The van der Waals surface area contributed by atoms with Crippen LogP contribution in [0.25, 0.3) is 0 Å². The number of halogens is 1. The fourth-order valence-electron chi connectivity index (χ4n) is 2.81. The largest absolute Gasteiger partial charge is 0.373 e. The van der Waals surface area contributed by atoms with Gasteiger partial charge in [0.2, 0.25) is 11.8 Å². The molecule has 1 heterocycles. The van der Waals surface area contributed by atoms with Gasteiger partial charge in [-0.2, -0.15) is 0 Å². The van der Waals surface area contributed by atoms with Gasteiger partial charge in [0.25, 0.3) is 0 Å². The number of hydrogen-bond acceptors (Lipinski definition) is 4. The molecule has 1 aliphatic rings. The van der Waals surface area contributed by atoms with Crippen LogP contribution < -0.4 is 10.6 Å². The number of carbonyl (C=O) groups is 2. The molecule has 0 radical (unpaired) electrons. The Hall–Kier alpha value is -1.44. The highest BCUT2D eigenvalue weighted by Gasteiger charge is 2.23. The van der Waals surface area contributed by atoms with Gasteiger partial charge in [-0.3, -0.25) is 14.5 Å². The zero-order valence-corrected chi connectivity index (χ0v) is 15.9. The minimum atomic E-state index is -0.238. The van der Waals surface area contributed by atoms with E-state index in [-0.39, 0.29) is 37.1 Å². The predicted molar refractivity (Wildman–Crippen MR) is 97.0 cm³/mol. The Balaban J connectivity index is 1.76. The molecule has 1 fully saturated rings. The zero-order chi connectivity index (χ0) is 17.7. The summed E-state index contributed by atoms with van der Waals surface area (Å²) in [6.45, 7) is 7.60. The van der Waals surface area contributed by atoms with Gasteiger partial charge in [-0.25, -0.2) is 0 Å². The van der Waals surface area contributed by atoms with Crippen LogP contribution in [0.15, 0.2) is 22.7 Å². The number of benzene rings is 1. The SMILES string of the molecule is Cc1cc(Br)ccc1NC(=O)CNC(=O)CN1C[C@@H](C)O[C@@H](C)C1. The first kappa shape index (κ1) is 18.9. The molecule has 0 aromatic heterocycles. The van der Waals surface area contributed by atoms with E-state index in [0.717, 1.165) is 28.8 Å². The van der Waals surface area contributed by atoms with Gasteiger partial charge in [-0.1, -0.05) is 15.9 Å². The number of carbonyl (C=O) groups excluding carboxylic acids is 2. The third-order valence-corrected chi connectivity index (χ3v) is 4.26. The molecule has 24 heavy (non-hydrogen) atoms. The summed E-state index contributed by atoms with van der Waals surface area (Å²) in [5.41, 5.74) is 1.70. The molecular weight excluding hydrogens is 374 g/mol. The summed E-state index contributed by atoms with van der Waals surface area (Å²) in [6.07, 6.45) is 0.232. The molecule has 0 spiro atoms. The van der Waals surface area contributed by atoms with E-state index in [1.807, 2.05) is 43.9 Å². The first-order valence-corrected chi connectivity index (χ1v) is 8.83. The van der Waals surface area contributed by atoms with Crippen molar-refractivity contribution in [3.63, 3.8) is 0 Å². The van der Waals surface area contributed by atoms with Crippen molar-refractivity contribution in [3.05, 3.63) is 28.2 Å². The van der Waals surface area contributed by atoms with E-state index < -0.39 is 0 Å². The quantitative estimate of drug-likeness (QED) is 0.795. The van der Waals surface area contributed by atoms with Crippen molar-refractivity contribution in [2.75, 3.05) is 31.5 Å². The highest BCUT2D eigenvalue weighted by molar-refractivity contribution is 9.10. The number of nitrogens with zero attached hydrogens (tertiary/aromatic N) is 1. The Kier molecular flexibility index (Phi) is 6.77. The number of hydrogen-bond donors (Lipinski definition) is 2. The van der Waals surface area contributed by atoms with Crippen LogP contribution in [0.1, 0.15) is 19.4 Å². The summed E-state index contributed by atoms with van der Waals surface area (Å²) in [5, 5.41) is 5.47. The first-order valence-electron chi connectivity index (χ1n) is 8.04. The van der Waals surface area contributed by atoms with Crippen molar-refractivity contribution in [1.29, 1.82) is 0 Å². The third-order valence-electron chi connectivity index (χ3n) is 3.77. The van der Waals surface area contributed by atoms with Gasteiger partial charge in [0.05, 0.1) is 25.3 Å². The highest BCUT2D eigenvalue weighted by Crippen LogP contribution is 2.19. The van der Waals surface area contributed by atoms with Crippen LogP contribution in [-0.4, -0.2) is 55.1 Å². The number of rotatable bonds is 5. The summed E-state index contributed by atoms with van der Waals surface area (Å²) in [4.78, 5) is 26.0. The summed E-state index contributed by atoms with van der Waals surface area (Å²) in [7, 11) is 0. The van der Waals surface area contributed by atoms with Gasteiger partial charge in [0, 0.05) is 23.2 Å². The standard InChI is InChI=1S/C17H24BrN3O3/c1-11-6-14(18)4-5-15(11)20-16(22)7-19-17(23)10-21-8-12(2)24-13(3)9-21/h4-6,12-13H,7-10H2,1-3H3,(H,19,23)(H,20,22)/t12-,13+. The summed E-state index contributed by atoms with van der Waals surface area (Å²) >= 11 is 3.38. The molecule has 0 saturated carbocycles. The normalized spacial score (nSPS) is 21.3. The number of morpholine rings is 1. The lowest BCUT2D eigenvalue weighted by Gasteiger charge is -2.34. The van der Waals surface area contributed by atoms with Crippen LogP contribution in [0.2, 0.25) is 0 Å². The number of nitrogens with one attached hydrogen (secondary N) is 2. The maximum atomic E-state index is 12.0. The molecule has 2 N–H and O–H groups in total. The topological polar surface area (TPSA) is 70.7 Å². The van der Waals surface area contributed by atoms with Gasteiger partial charge in [-0.05, 0) is 44.5 Å². The van der Waals surface area contributed by atoms with Crippen molar-refractivity contribution >= 4 is 33.4 Å². The highest BCUT2D eigenvalue weighted by atomic mass is 79.9. The molecular formula is C17H24BrN3O3. The Morgan fingerprint density at radius 2 is 1.92 bits per heavy atom. The second kappa shape index (κ2) is 8.60. The van der Waals surface area contributed by atoms with Crippen molar-refractivity contribution in [2.24, 2.45) is 0 Å². The zero-order valence-electron chi connectivity index (χ0n) is 14.3. The van der Waals surface area contributed by atoms with Crippen LogP contribution >= 0.6 is 15.9 Å². The van der Waals surface area contributed by atoms with E-state index in [1.54, 1.807) is 0 Å². The molecule has 2 rings (SSSR count). The molecule has 0 unspecified atom stereocenters. The van der Waals surface area contributed by atoms with Gasteiger partial charge >= 0.3 is 0 Å². The maximum absolute atomic E-state index is 12.0. The Morgan fingerprint density at radius 3 is 2.54 bits per heavy atom. The summed E-state index contributed by atoms with van der Waals surface area (Å²) < 4.78 is 6.60. The van der Waals surface area contributed by atoms with Crippen LogP contribution in [0.4, 0.5) is 5.69 Å². The maximum Gasteiger partial charge on any atom is 0.243 e. The molecule has 132 valence electrons. The number of amides is 2. The Labute approximate surface area is 151 Å². The molecule has 0 bridgehead atoms. The van der Waals surface area contributed by atoms with Gasteiger partial charge in [0.15, 0.2) is 0 Å². The minimum absolute atomic E-state index is 0.0379. The lowest BCUT2D eigenvalue weighted by atomic mass is 10.2. The lowest BCUT2D eigenvalue weighted by molar-refractivity contribution is -0.128. The predicted octanol–water partition coefficient (Wildman–Crippen LogP) is 1.92. The van der Waals surface area contributed by atoms with Crippen LogP contribution in [0, 0.1) is 6.92 Å². The average Bonchev–Trinajstić information content (AvgIpc) is 2.47. The lowest BCUT2D eigenvalue weighted by Crippen LogP contribution is -2.49. The van der Waals surface area contributed by atoms with Crippen LogP contribution in [0.5, 0.6) is 0 Å². The average molecular weight is 398 g/mol. The second-order valence-corrected chi connectivity index (χ2v) is 7.15. The molecule has 1 aliphatic heterocycles. The van der Waals surface area contributed by atoms with Gasteiger partial charge < -0.3 is 15.4 Å². The smallest absolute Gasteiger partial charge is 0.243 e. The molecule has 6 nitrogen and oxygen atoms in total. The summed E-state index contributed by atoms with van der Waals surface area (Å²) in [5.74, 6) is -0.392. The fourth-order valence-corrected chi connectivity index (χ4v) is 3.29. The van der Waals surface area contributed by atoms with E-state index in [1.165, 1.54) is 0 Å². The van der Waals surface area contributed by atoms with E-state index in [4.69, 9.17) is 4.74 Å². The second-order valence-electron chi connectivity index (χ2n) is 6.24. The Morgan fingerprint density at radius 1 is 1.25 bits per heavy atom. The van der Waals surface area contributed by atoms with E-state index in [0.29, 0.717) is 0 Å². The fraction of sp³-hybridized carbons (Fsp3) is 0.529. The van der Waals surface area contributed by atoms with E-state index >= 15 is 0 Å². The summed E-state index contributed by atoms with van der Waals surface area (Å²) in [6, 6.07) is 5.62. The molecule has 2 amide bonds. The molecule has 1 aromatic rings. The van der Waals surface area contributed by atoms with Gasteiger partial charge in [-0.15, -0.1) is 0 Å². The van der Waals surface area contributed by atoms with Crippen LogP contribution in [-0.2, 0) is 14.3 Å². The van der Waals surface area contributed by atoms with Crippen molar-refractivity contribution in [1.82, 2.24) is 10.2 Å². The Bertz CT molecular complexity index is 599. The number of ether oxygens (including phenoxy) is 1. The molecule has 0 aliphatic carbocycles. The number of anilines is 1. The van der Waals surface area contributed by atoms with E-state index in [9.17, 15) is 9.59 Å². The molecule has 2 atom stereocenters. The molecule has 1 aromatic carbocycles. The minimum Gasteiger partial charge on any atom is -0.373 e. The van der Waals surface area contributed by atoms with Crippen molar-refractivity contribution in [2.45, 2.75) is 33.0 Å².